The van der Waals surface area contributed by atoms with E-state index in [2.05, 4.69) is 79.9 Å². The molecule has 0 fully saturated rings. The molecule has 0 radical (unpaired) electrons. The second-order valence-corrected chi connectivity index (χ2v) is 18.6. The molecule has 63 heavy (non-hydrogen) atoms. The average Bonchev–Trinajstić information content (AvgIpc) is 3.29. The molecule has 0 rings (SSSR count). The van der Waals surface area contributed by atoms with Crippen LogP contribution in [0.5, 0.6) is 0 Å². The van der Waals surface area contributed by atoms with Crippen molar-refractivity contribution < 1.29 is 15.0 Å². The first-order valence-electron chi connectivity index (χ1n) is 27.7. The molecular weight excluding hydrogens is 771 g/mol. The van der Waals surface area contributed by atoms with Crippen molar-refractivity contribution >= 4 is 5.91 Å². The Labute approximate surface area is 393 Å². The maximum Gasteiger partial charge on any atom is 0.220 e. The van der Waals surface area contributed by atoms with Gasteiger partial charge in [0.25, 0.3) is 0 Å². The van der Waals surface area contributed by atoms with Gasteiger partial charge in [-0.15, -0.1) is 0 Å². The highest BCUT2D eigenvalue weighted by Crippen LogP contribution is 2.17. The maximum absolute atomic E-state index is 12.4. The van der Waals surface area contributed by atoms with Crippen molar-refractivity contribution in [1.29, 1.82) is 0 Å². The van der Waals surface area contributed by atoms with Gasteiger partial charge < -0.3 is 15.5 Å². The second kappa shape index (κ2) is 54.2. The number of rotatable bonds is 50. The zero-order chi connectivity index (χ0) is 45.6. The van der Waals surface area contributed by atoms with Gasteiger partial charge in [0.05, 0.1) is 18.8 Å². The lowest BCUT2D eigenvalue weighted by Crippen LogP contribution is -2.45. The SMILES string of the molecule is CC/C=C\C/C=C\C/C=C\C/C=C\CCCCCCCCCCCCCCCCCCCCCCCCC(=O)NC(CO)C(O)/C=C/CC/C=C/CCCCCCCCCCCC. The number of nitrogens with one attached hydrogen (secondary N) is 1. The molecule has 0 aromatic heterocycles. The summed E-state index contributed by atoms with van der Waals surface area (Å²) < 4.78 is 0. The van der Waals surface area contributed by atoms with E-state index >= 15 is 0 Å². The van der Waals surface area contributed by atoms with Crippen molar-refractivity contribution in [1.82, 2.24) is 5.32 Å². The Bertz CT molecular complexity index is 1090. The molecule has 4 nitrogen and oxygen atoms in total. The first-order chi connectivity index (χ1) is 31.2. The molecular formula is C59H107NO3. The standard InChI is InChI=1S/C59H107NO3/c1-3-5-7-9-11-13-15-17-19-21-22-23-24-25-26-27-28-29-30-31-32-33-34-35-36-37-38-39-41-43-45-47-49-51-53-55-59(63)60-57(56-61)58(62)54-52-50-48-46-44-42-40-20-18-16-14-12-10-8-6-4-2/h5,7,11,13,17,19,22-23,44,46,52,54,57-58,61-62H,3-4,6,8-10,12,14-16,18,20-21,24-43,45,47-51,53,55-56H2,1-2H3,(H,60,63)/b7-5-,13-11-,19-17-,23-22-,46-44+,54-52+. The minimum Gasteiger partial charge on any atom is -0.394 e. The Balaban J connectivity index is 3.46. The van der Waals surface area contributed by atoms with Crippen LogP contribution in [0.15, 0.2) is 72.9 Å². The molecule has 0 aliphatic rings. The molecule has 0 bridgehead atoms. The summed E-state index contributed by atoms with van der Waals surface area (Å²) in [6, 6.07) is -0.639. The van der Waals surface area contributed by atoms with Gasteiger partial charge >= 0.3 is 0 Å². The van der Waals surface area contributed by atoms with E-state index in [1.807, 2.05) is 6.08 Å². The molecule has 0 spiro atoms. The Morgan fingerprint density at radius 2 is 0.714 bits per heavy atom. The molecule has 0 aliphatic carbocycles. The van der Waals surface area contributed by atoms with Gasteiger partial charge in [-0.1, -0.05) is 273 Å². The largest absolute Gasteiger partial charge is 0.394 e. The van der Waals surface area contributed by atoms with Crippen LogP contribution >= 0.6 is 0 Å². The first-order valence-corrected chi connectivity index (χ1v) is 27.7. The molecule has 2 unspecified atom stereocenters. The lowest BCUT2D eigenvalue weighted by molar-refractivity contribution is -0.123. The molecule has 366 valence electrons. The number of unbranched alkanes of at least 4 members (excludes halogenated alkanes) is 33. The molecule has 0 heterocycles. The number of amides is 1. The lowest BCUT2D eigenvalue weighted by atomic mass is 10.0. The fourth-order valence-corrected chi connectivity index (χ4v) is 8.25. The number of allylic oxidation sites excluding steroid dienone is 11. The topological polar surface area (TPSA) is 69.6 Å². The molecule has 1 amide bonds. The predicted molar refractivity (Wildman–Crippen MR) is 281 cm³/mol. The molecule has 4 heteroatoms. The van der Waals surface area contributed by atoms with Crippen LogP contribution < -0.4 is 5.32 Å². The first kappa shape index (κ1) is 60.8. The molecule has 0 aromatic rings. The lowest BCUT2D eigenvalue weighted by Gasteiger charge is -2.19. The van der Waals surface area contributed by atoms with Crippen molar-refractivity contribution in [2.45, 2.75) is 289 Å². The minimum atomic E-state index is -0.862. The van der Waals surface area contributed by atoms with Crippen LogP contribution in [0.4, 0.5) is 0 Å². The third-order valence-corrected chi connectivity index (χ3v) is 12.4. The Morgan fingerprint density at radius 3 is 1.11 bits per heavy atom. The van der Waals surface area contributed by atoms with Crippen LogP contribution in [0.3, 0.4) is 0 Å². The van der Waals surface area contributed by atoms with Gasteiger partial charge in [-0.3, -0.25) is 4.79 Å². The van der Waals surface area contributed by atoms with E-state index < -0.39 is 12.1 Å². The van der Waals surface area contributed by atoms with Crippen molar-refractivity contribution in [3.63, 3.8) is 0 Å². The number of carbonyl (C=O) groups is 1. The summed E-state index contributed by atoms with van der Waals surface area (Å²) in [6.07, 6.45) is 77.8. The number of carbonyl (C=O) groups excluding carboxylic acids is 1. The van der Waals surface area contributed by atoms with Crippen molar-refractivity contribution in [2.24, 2.45) is 0 Å². The normalized spacial score (nSPS) is 13.4. The highest BCUT2D eigenvalue weighted by atomic mass is 16.3. The Morgan fingerprint density at radius 1 is 0.397 bits per heavy atom. The van der Waals surface area contributed by atoms with Crippen molar-refractivity contribution in [3.8, 4) is 0 Å². The van der Waals surface area contributed by atoms with Gasteiger partial charge in [-0.05, 0) is 70.6 Å². The highest BCUT2D eigenvalue weighted by Gasteiger charge is 2.18. The summed E-state index contributed by atoms with van der Waals surface area (Å²) >= 11 is 0. The van der Waals surface area contributed by atoms with E-state index in [0.29, 0.717) is 6.42 Å². The van der Waals surface area contributed by atoms with E-state index in [1.165, 1.54) is 199 Å². The fraction of sp³-hybridized carbons (Fsp3) is 0.780. The van der Waals surface area contributed by atoms with Gasteiger partial charge in [-0.2, -0.15) is 0 Å². The fourth-order valence-electron chi connectivity index (χ4n) is 8.25. The van der Waals surface area contributed by atoms with Crippen LogP contribution in [0, 0.1) is 0 Å². The molecule has 0 saturated heterocycles. The minimum absolute atomic E-state index is 0.0715. The highest BCUT2D eigenvalue weighted by molar-refractivity contribution is 5.76. The van der Waals surface area contributed by atoms with E-state index in [-0.39, 0.29) is 12.5 Å². The Kier molecular flexibility index (Phi) is 52.3. The quantitative estimate of drug-likeness (QED) is 0.0421. The monoisotopic (exact) mass is 878 g/mol. The van der Waals surface area contributed by atoms with Gasteiger partial charge in [0.15, 0.2) is 0 Å². The number of hydrogen-bond donors (Lipinski definition) is 3. The van der Waals surface area contributed by atoms with E-state index in [0.717, 1.165) is 57.8 Å². The van der Waals surface area contributed by atoms with E-state index in [1.54, 1.807) is 6.08 Å². The van der Waals surface area contributed by atoms with Crippen LogP contribution in [0.25, 0.3) is 0 Å². The summed E-state index contributed by atoms with van der Waals surface area (Å²) in [5, 5.41) is 23.1. The summed E-state index contributed by atoms with van der Waals surface area (Å²) in [7, 11) is 0. The van der Waals surface area contributed by atoms with Gasteiger partial charge in [-0.25, -0.2) is 0 Å². The number of aliphatic hydroxyl groups excluding tert-OH is 2. The van der Waals surface area contributed by atoms with Crippen molar-refractivity contribution in [3.05, 3.63) is 72.9 Å². The smallest absolute Gasteiger partial charge is 0.220 e. The van der Waals surface area contributed by atoms with Crippen LogP contribution in [0.1, 0.15) is 277 Å². The van der Waals surface area contributed by atoms with Gasteiger partial charge in [0.2, 0.25) is 5.91 Å². The summed E-state index contributed by atoms with van der Waals surface area (Å²) in [4.78, 5) is 12.4. The number of hydrogen-bond acceptors (Lipinski definition) is 3. The third-order valence-electron chi connectivity index (χ3n) is 12.4. The Hall–Kier alpha value is -2.17. The van der Waals surface area contributed by atoms with Gasteiger partial charge in [0, 0.05) is 6.42 Å². The van der Waals surface area contributed by atoms with Crippen LogP contribution in [0.2, 0.25) is 0 Å². The van der Waals surface area contributed by atoms with Crippen molar-refractivity contribution in [2.75, 3.05) is 6.61 Å². The molecule has 0 saturated carbocycles. The second-order valence-electron chi connectivity index (χ2n) is 18.6. The number of aliphatic hydroxyl groups is 2. The van der Waals surface area contributed by atoms with Gasteiger partial charge in [0.1, 0.15) is 0 Å². The van der Waals surface area contributed by atoms with E-state index in [4.69, 9.17) is 0 Å². The van der Waals surface area contributed by atoms with E-state index in [9.17, 15) is 15.0 Å². The molecule has 2 atom stereocenters. The summed E-state index contributed by atoms with van der Waals surface area (Å²) in [6.45, 7) is 4.19. The molecule has 0 aliphatic heterocycles. The summed E-state index contributed by atoms with van der Waals surface area (Å²) in [5.74, 6) is -0.0715. The third kappa shape index (κ3) is 50.7. The molecule has 0 aromatic carbocycles. The average molecular weight is 879 g/mol. The maximum atomic E-state index is 12.4. The van der Waals surface area contributed by atoms with Crippen LogP contribution in [-0.4, -0.2) is 34.9 Å². The zero-order valence-corrected chi connectivity index (χ0v) is 42.1. The van der Waals surface area contributed by atoms with Crippen LogP contribution in [-0.2, 0) is 4.79 Å². The summed E-state index contributed by atoms with van der Waals surface area (Å²) in [5.41, 5.74) is 0. The molecule has 3 N–H and O–H groups in total. The zero-order valence-electron chi connectivity index (χ0n) is 42.1. The predicted octanol–water partition coefficient (Wildman–Crippen LogP) is 18.2.